The fourth-order valence-corrected chi connectivity index (χ4v) is 3.47. The normalized spacial score (nSPS) is 24.3. The summed E-state index contributed by atoms with van der Waals surface area (Å²) in [6.07, 6.45) is 7.03. The zero-order valence-corrected chi connectivity index (χ0v) is 12.4. The number of aryl methyl sites for hydroxylation is 1. The molecule has 0 radical (unpaired) electrons. The number of rotatable bonds is 6. The van der Waals surface area contributed by atoms with E-state index in [0.717, 1.165) is 26.1 Å². The summed E-state index contributed by atoms with van der Waals surface area (Å²) >= 11 is 1.84. The maximum atomic E-state index is 4.46. The topological polar surface area (TPSA) is 37.0 Å². The Morgan fingerprint density at radius 2 is 2.39 bits per heavy atom. The van der Waals surface area contributed by atoms with Gasteiger partial charge in [-0.25, -0.2) is 4.98 Å². The lowest BCUT2D eigenvalue weighted by Gasteiger charge is -2.37. The first kappa shape index (κ1) is 14.0. The van der Waals surface area contributed by atoms with Gasteiger partial charge in [-0.3, -0.25) is 0 Å². The number of nitrogens with zero attached hydrogens (tertiary/aromatic N) is 1. The van der Waals surface area contributed by atoms with Crippen LogP contribution in [0.15, 0.2) is 6.20 Å². The molecular weight excluding hydrogens is 242 g/mol. The molecule has 0 bridgehead atoms. The van der Waals surface area contributed by atoms with Crippen molar-refractivity contribution in [3.05, 3.63) is 16.1 Å². The molecule has 1 aromatic rings. The van der Waals surface area contributed by atoms with Crippen molar-refractivity contribution in [3.63, 3.8) is 0 Å². The van der Waals surface area contributed by atoms with Crippen molar-refractivity contribution >= 4 is 11.3 Å². The van der Waals surface area contributed by atoms with E-state index in [-0.39, 0.29) is 0 Å². The Labute approximate surface area is 114 Å². The van der Waals surface area contributed by atoms with E-state index >= 15 is 0 Å². The molecule has 1 aliphatic heterocycles. The van der Waals surface area contributed by atoms with Crippen LogP contribution in [0.4, 0.5) is 0 Å². The Kier molecular flexibility index (Phi) is 5.15. The number of hydrogen-bond donors (Lipinski definition) is 2. The lowest BCUT2D eigenvalue weighted by Crippen LogP contribution is -2.45. The molecule has 1 aliphatic rings. The fraction of sp³-hybridized carbons (Fsp3) is 0.786. The van der Waals surface area contributed by atoms with Crippen LogP contribution in [0.2, 0.25) is 0 Å². The Morgan fingerprint density at radius 3 is 3.00 bits per heavy atom. The Hall–Kier alpha value is -0.450. The van der Waals surface area contributed by atoms with Crippen molar-refractivity contribution < 1.29 is 0 Å². The molecule has 0 aliphatic carbocycles. The van der Waals surface area contributed by atoms with E-state index in [1.165, 1.54) is 35.7 Å². The van der Waals surface area contributed by atoms with E-state index in [9.17, 15) is 0 Å². The van der Waals surface area contributed by atoms with Gasteiger partial charge < -0.3 is 10.6 Å². The van der Waals surface area contributed by atoms with Crippen LogP contribution in [0.1, 0.15) is 43.0 Å². The molecule has 0 aromatic carbocycles. The molecular formula is C14H25N3S. The van der Waals surface area contributed by atoms with Gasteiger partial charge in [0, 0.05) is 30.7 Å². The number of aromatic nitrogens is 1. The van der Waals surface area contributed by atoms with Gasteiger partial charge in [-0.15, -0.1) is 11.3 Å². The minimum atomic E-state index is 0.461. The summed E-state index contributed by atoms with van der Waals surface area (Å²) in [6, 6.07) is 0. The van der Waals surface area contributed by atoms with Gasteiger partial charge in [-0.05, 0) is 37.6 Å². The number of hydrogen-bond acceptors (Lipinski definition) is 4. The average molecular weight is 267 g/mol. The third kappa shape index (κ3) is 3.53. The SMILES string of the molecule is CCc1cnc(CNCC2(CC)CCCNC2)s1. The Morgan fingerprint density at radius 1 is 1.50 bits per heavy atom. The second-order valence-corrected chi connectivity index (χ2v) is 6.51. The first-order valence-electron chi connectivity index (χ1n) is 7.13. The zero-order valence-electron chi connectivity index (χ0n) is 11.6. The highest BCUT2D eigenvalue weighted by molar-refractivity contribution is 7.11. The summed E-state index contributed by atoms with van der Waals surface area (Å²) in [5, 5.41) is 8.37. The average Bonchev–Trinajstić information content (AvgIpc) is 2.88. The smallest absolute Gasteiger partial charge is 0.107 e. The molecule has 1 unspecified atom stereocenters. The van der Waals surface area contributed by atoms with Gasteiger partial charge in [-0.2, -0.15) is 0 Å². The summed E-state index contributed by atoms with van der Waals surface area (Å²) in [5.74, 6) is 0. The second-order valence-electron chi connectivity index (χ2n) is 5.31. The highest BCUT2D eigenvalue weighted by atomic mass is 32.1. The predicted octanol–water partition coefficient (Wildman–Crippen LogP) is 2.57. The van der Waals surface area contributed by atoms with Crippen LogP contribution in [-0.4, -0.2) is 24.6 Å². The van der Waals surface area contributed by atoms with Crippen LogP contribution >= 0.6 is 11.3 Å². The van der Waals surface area contributed by atoms with Crippen molar-refractivity contribution in [2.24, 2.45) is 5.41 Å². The van der Waals surface area contributed by atoms with E-state index < -0.39 is 0 Å². The minimum Gasteiger partial charge on any atom is -0.316 e. The number of thiazole rings is 1. The molecule has 0 amide bonds. The van der Waals surface area contributed by atoms with Gasteiger partial charge in [0.1, 0.15) is 5.01 Å². The summed E-state index contributed by atoms with van der Waals surface area (Å²) in [5.41, 5.74) is 0.461. The van der Waals surface area contributed by atoms with Crippen molar-refractivity contribution in [2.45, 2.75) is 46.1 Å². The molecule has 0 spiro atoms. The van der Waals surface area contributed by atoms with E-state index in [1.54, 1.807) is 0 Å². The van der Waals surface area contributed by atoms with Crippen LogP contribution in [-0.2, 0) is 13.0 Å². The molecule has 1 saturated heterocycles. The van der Waals surface area contributed by atoms with Gasteiger partial charge in [0.05, 0.1) is 0 Å². The molecule has 18 heavy (non-hydrogen) atoms. The molecule has 2 heterocycles. The maximum absolute atomic E-state index is 4.46. The zero-order chi connectivity index (χ0) is 12.8. The summed E-state index contributed by atoms with van der Waals surface area (Å²) < 4.78 is 0. The van der Waals surface area contributed by atoms with Crippen LogP contribution in [0, 0.1) is 5.41 Å². The molecule has 3 nitrogen and oxygen atoms in total. The monoisotopic (exact) mass is 267 g/mol. The Balaban J connectivity index is 1.79. The molecule has 1 aromatic heterocycles. The molecule has 4 heteroatoms. The quantitative estimate of drug-likeness (QED) is 0.832. The molecule has 0 saturated carbocycles. The molecule has 2 rings (SSSR count). The number of nitrogens with one attached hydrogen (secondary N) is 2. The van der Waals surface area contributed by atoms with Crippen LogP contribution in [0.25, 0.3) is 0 Å². The molecule has 1 fully saturated rings. The molecule has 102 valence electrons. The summed E-state index contributed by atoms with van der Waals surface area (Å²) in [6.45, 7) is 8.88. The van der Waals surface area contributed by atoms with Gasteiger partial charge >= 0.3 is 0 Å². The third-order valence-corrected chi connectivity index (χ3v) is 5.18. The van der Waals surface area contributed by atoms with E-state index in [0.29, 0.717) is 5.41 Å². The fourth-order valence-electron chi connectivity index (χ4n) is 2.64. The van der Waals surface area contributed by atoms with Crippen LogP contribution < -0.4 is 10.6 Å². The standard InChI is InChI=1S/C14H25N3S/c1-3-12-8-17-13(18-12)9-16-11-14(4-2)6-5-7-15-10-14/h8,15-16H,3-7,9-11H2,1-2H3. The van der Waals surface area contributed by atoms with E-state index in [2.05, 4.69) is 29.5 Å². The first-order valence-corrected chi connectivity index (χ1v) is 7.94. The first-order chi connectivity index (χ1) is 8.78. The number of piperidine rings is 1. The van der Waals surface area contributed by atoms with Crippen LogP contribution in [0.3, 0.4) is 0 Å². The second kappa shape index (κ2) is 6.64. The summed E-state index contributed by atoms with van der Waals surface area (Å²) in [7, 11) is 0. The van der Waals surface area contributed by atoms with Crippen molar-refractivity contribution in [2.75, 3.05) is 19.6 Å². The highest BCUT2D eigenvalue weighted by Crippen LogP contribution is 2.29. The third-order valence-electron chi connectivity index (χ3n) is 4.04. The largest absolute Gasteiger partial charge is 0.316 e. The molecule has 2 N–H and O–H groups in total. The van der Waals surface area contributed by atoms with Crippen LogP contribution in [0.5, 0.6) is 0 Å². The lowest BCUT2D eigenvalue weighted by atomic mass is 9.78. The van der Waals surface area contributed by atoms with Crippen molar-refractivity contribution in [1.82, 2.24) is 15.6 Å². The van der Waals surface area contributed by atoms with Gasteiger partial charge in [0.15, 0.2) is 0 Å². The van der Waals surface area contributed by atoms with Gasteiger partial charge in [0.2, 0.25) is 0 Å². The summed E-state index contributed by atoms with van der Waals surface area (Å²) in [4.78, 5) is 5.84. The van der Waals surface area contributed by atoms with Crippen molar-refractivity contribution in [1.29, 1.82) is 0 Å². The van der Waals surface area contributed by atoms with Crippen molar-refractivity contribution in [3.8, 4) is 0 Å². The van der Waals surface area contributed by atoms with Gasteiger partial charge in [-0.1, -0.05) is 13.8 Å². The minimum absolute atomic E-state index is 0.461. The highest BCUT2D eigenvalue weighted by Gasteiger charge is 2.29. The Bertz CT molecular complexity index is 356. The lowest BCUT2D eigenvalue weighted by molar-refractivity contribution is 0.192. The van der Waals surface area contributed by atoms with E-state index in [1.807, 2.05) is 17.5 Å². The maximum Gasteiger partial charge on any atom is 0.107 e. The molecule has 1 atom stereocenters. The van der Waals surface area contributed by atoms with Gasteiger partial charge in [0.25, 0.3) is 0 Å². The van der Waals surface area contributed by atoms with E-state index in [4.69, 9.17) is 0 Å². The predicted molar refractivity (Wildman–Crippen MR) is 78.0 cm³/mol.